The van der Waals surface area contributed by atoms with Crippen LogP contribution >= 0.6 is 0 Å². The van der Waals surface area contributed by atoms with Crippen LogP contribution in [0.25, 0.3) is 4.85 Å². The molecule has 0 bridgehead atoms. The van der Waals surface area contributed by atoms with Crippen LogP contribution < -0.4 is 0 Å². The zero-order chi connectivity index (χ0) is 9.90. The average Bonchev–Trinajstić information content (AvgIpc) is 2.05. The van der Waals surface area contributed by atoms with Gasteiger partial charge in [0.05, 0.1) is 5.88 Å². The van der Waals surface area contributed by atoms with E-state index in [4.69, 9.17) is 6.57 Å². The van der Waals surface area contributed by atoms with Gasteiger partial charge in [0.25, 0.3) is 0 Å². The topological polar surface area (TPSA) is 38.5 Å². The van der Waals surface area contributed by atoms with Crippen molar-refractivity contribution in [2.24, 2.45) is 0 Å². The number of aryl methyl sites for hydroxylation is 1. The van der Waals surface area contributed by atoms with Crippen molar-refractivity contribution in [3.63, 3.8) is 0 Å². The Morgan fingerprint density at radius 3 is 2.21 bits per heavy atom. The number of nitrogens with zero attached hydrogens (tertiary/aromatic N) is 1. The molecule has 1 aromatic rings. The zero-order valence-corrected chi connectivity index (χ0v) is 9.66. The molecule has 5 heteroatoms. The average molecular weight is 302 g/mol. The molecule has 0 N–H and O–H groups in total. The molecule has 3 nitrogen and oxygen atoms in total. The van der Waals surface area contributed by atoms with Gasteiger partial charge in [-0.25, -0.2) is 8.42 Å². The van der Waals surface area contributed by atoms with Gasteiger partial charge in [-0.15, -0.1) is 0 Å². The molecule has 0 unspecified atom stereocenters. The van der Waals surface area contributed by atoms with Crippen LogP contribution in [0.5, 0.6) is 0 Å². The molecule has 0 saturated carbocycles. The van der Waals surface area contributed by atoms with Gasteiger partial charge in [0.1, 0.15) is 9.84 Å². The molecule has 0 aliphatic rings. The molecule has 0 saturated heterocycles. The minimum absolute atomic E-state index is 0. The second-order valence-electron chi connectivity index (χ2n) is 2.59. The zero-order valence-electron chi connectivity index (χ0n) is 7.36. The van der Waals surface area contributed by atoms with Crippen molar-refractivity contribution >= 4 is 9.84 Å². The summed E-state index contributed by atoms with van der Waals surface area (Å²) in [4.78, 5) is 2.90. The van der Waals surface area contributed by atoms with E-state index in [1.54, 1.807) is 12.1 Å². The molecular formula is C9H8AgNO2S. The maximum atomic E-state index is 11.3. The van der Waals surface area contributed by atoms with E-state index < -0.39 is 9.84 Å². The van der Waals surface area contributed by atoms with Gasteiger partial charge in [0.2, 0.25) is 0 Å². The predicted octanol–water partition coefficient (Wildman–Crippen LogP) is 1.80. The van der Waals surface area contributed by atoms with E-state index in [0.29, 0.717) is 5.88 Å². The Morgan fingerprint density at radius 2 is 1.79 bits per heavy atom. The monoisotopic (exact) mass is 301 g/mol. The van der Waals surface area contributed by atoms with Crippen molar-refractivity contribution in [2.45, 2.75) is 11.8 Å². The Kier molecular flexibility index (Phi) is 4.95. The number of sulfone groups is 1. The summed E-state index contributed by atoms with van der Waals surface area (Å²) in [5.41, 5.74) is 0.988. The largest absolute Gasteiger partial charge is 1.00 e. The second-order valence-corrected chi connectivity index (χ2v) is 4.36. The summed E-state index contributed by atoms with van der Waals surface area (Å²) >= 11 is 0. The Bertz CT molecular complexity index is 431. The van der Waals surface area contributed by atoms with Crippen molar-refractivity contribution in [2.75, 3.05) is 0 Å². The summed E-state index contributed by atoms with van der Waals surface area (Å²) in [6, 6.07) is 6.38. The number of benzene rings is 1. The molecule has 78 valence electrons. The number of hydrogen-bond acceptors (Lipinski definition) is 2. The van der Waals surface area contributed by atoms with E-state index in [0.717, 1.165) is 5.56 Å². The molecule has 0 spiro atoms. The van der Waals surface area contributed by atoms with Gasteiger partial charge in [-0.1, -0.05) is 17.7 Å². The molecule has 1 aromatic carbocycles. The van der Waals surface area contributed by atoms with E-state index in [1.165, 1.54) is 12.1 Å². The minimum Gasteiger partial charge on any atom is -0.445 e. The van der Waals surface area contributed by atoms with Crippen LogP contribution in [0.15, 0.2) is 29.2 Å². The van der Waals surface area contributed by atoms with E-state index in [9.17, 15) is 8.42 Å². The fourth-order valence-electron chi connectivity index (χ4n) is 0.858. The maximum Gasteiger partial charge on any atom is 1.00 e. The SMILES string of the molecule is [Ag+].[C-]#[N+][CH-]S(=O)(=O)c1ccc(C)cc1. The molecule has 0 heterocycles. The smallest absolute Gasteiger partial charge is 0.445 e. The molecular weight excluding hydrogens is 294 g/mol. The van der Waals surface area contributed by atoms with Crippen LogP contribution in [0.1, 0.15) is 5.56 Å². The third-order valence-corrected chi connectivity index (χ3v) is 2.85. The molecule has 0 atom stereocenters. The quantitative estimate of drug-likeness (QED) is 0.617. The van der Waals surface area contributed by atoms with Gasteiger partial charge >= 0.3 is 22.4 Å². The molecule has 0 fully saturated rings. The minimum atomic E-state index is -3.51. The van der Waals surface area contributed by atoms with Gasteiger partial charge < -0.3 is 4.85 Å². The molecule has 0 aliphatic heterocycles. The summed E-state index contributed by atoms with van der Waals surface area (Å²) in [6.45, 7) is 8.31. The Labute approximate surface area is 99.4 Å². The van der Waals surface area contributed by atoms with E-state index >= 15 is 0 Å². The van der Waals surface area contributed by atoms with Crippen LogP contribution in [0.2, 0.25) is 0 Å². The number of hydrogen-bond donors (Lipinski definition) is 0. The molecule has 0 aliphatic carbocycles. The predicted molar refractivity (Wildman–Crippen MR) is 49.3 cm³/mol. The van der Waals surface area contributed by atoms with Gasteiger partial charge in [-0.2, -0.15) is 0 Å². The number of rotatable bonds is 2. The van der Waals surface area contributed by atoms with E-state index in [-0.39, 0.29) is 27.3 Å². The second kappa shape index (κ2) is 5.23. The summed E-state index contributed by atoms with van der Waals surface area (Å²) in [5.74, 6) is 0.623. The fraction of sp³-hybridized carbons (Fsp3) is 0.111. The third-order valence-electron chi connectivity index (χ3n) is 1.54. The van der Waals surface area contributed by atoms with Crippen molar-refractivity contribution in [1.29, 1.82) is 0 Å². The van der Waals surface area contributed by atoms with Crippen LogP contribution in [-0.4, -0.2) is 8.42 Å². The van der Waals surface area contributed by atoms with Gasteiger partial charge in [-0.3, -0.25) is 6.57 Å². The Morgan fingerprint density at radius 1 is 1.29 bits per heavy atom. The molecule has 0 aromatic heterocycles. The van der Waals surface area contributed by atoms with Crippen LogP contribution in [0, 0.1) is 19.4 Å². The van der Waals surface area contributed by atoms with Crippen molar-refractivity contribution < 1.29 is 30.8 Å². The molecule has 0 radical (unpaired) electrons. The summed E-state index contributed by atoms with van der Waals surface area (Å²) < 4.78 is 22.5. The van der Waals surface area contributed by atoms with Gasteiger partial charge in [0.15, 0.2) is 0 Å². The Balaban J connectivity index is 0.00000169. The first-order valence-electron chi connectivity index (χ1n) is 3.58. The normalized spacial score (nSPS) is 9.71. The first-order valence-corrected chi connectivity index (χ1v) is 5.12. The maximum absolute atomic E-state index is 11.3. The first-order chi connectivity index (χ1) is 6.06. The van der Waals surface area contributed by atoms with Crippen molar-refractivity contribution in [1.82, 2.24) is 0 Å². The van der Waals surface area contributed by atoms with E-state index in [1.807, 2.05) is 6.92 Å². The van der Waals surface area contributed by atoms with Crippen molar-refractivity contribution in [3.05, 3.63) is 47.1 Å². The van der Waals surface area contributed by atoms with Gasteiger partial charge in [0, 0.05) is 4.90 Å². The van der Waals surface area contributed by atoms with Gasteiger partial charge in [-0.05, 0) is 19.1 Å². The van der Waals surface area contributed by atoms with E-state index in [2.05, 4.69) is 4.85 Å². The standard InChI is InChI=1S/C9H8NO2S.Ag/c1-8-3-5-9(6-4-8)13(11,12)7-10-2;/h3-7H,1H3;/q-1;+1. The first kappa shape index (κ1) is 13.3. The summed E-state index contributed by atoms with van der Waals surface area (Å²) in [7, 11) is -3.51. The summed E-state index contributed by atoms with van der Waals surface area (Å²) in [5, 5.41) is 0. The summed E-state index contributed by atoms with van der Waals surface area (Å²) in [6.07, 6.45) is 0. The molecule has 1 rings (SSSR count). The fourth-order valence-corrected chi connectivity index (χ4v) is 1.63. The third kappa shape index (κ3) is 3.20. The molecule has 0 amide bonds. The Hall–Kier alpha value is -0.730. The van der Waals surface area contributed by atoms with Crippen LogP contribution in [0.3, 0.4) is 0 Å². The van der Waals surface area contributed by atoms with Crippen LogP contribution in [-0.2, 0) is 32.2 Å². The van der Waals surface area contributed by atoms with Crippen LogP contribution in [0.4, 0.5) is 0 Å². The van der Waals surface area contributed by atoms with Crippen molar-refractivity contribution in [3.8, 4) is 0 Å². The molecule has 14 heavy (non-hydrogen) atoms.